The normalized spacial score (nSPS) is 12.1. The van der Waals surface area contributed by atoms with Crippen molar-refractivity contribution in [2.24, 2.45) is 0 Å². The summed E-state index contributed by atoms with van der Waals surface area (Å²) >= 11 is 0. The lowest BCUT2D eigenvalue weighted by atomic mass is 10.1. The summed E-state index contributed by atoms with van der Waals surface area (Å²) < 4.78 is 26.3. The van der Waals surface area contributed by atoms with Crippen LogP contribution in [0.2, 0.25) is 0 Å². The van der Waals surface area contributed by atoms with E-state index in [2.05, 4.69) is 5.32 Å². The van der Waals surface area contributed by atoms with E-state index in [4.69, 9.17) is 0 Å². The van der Waals surface area contributed by atoms with E-state index in [9.17, 15) is 18.0 Å². The fraction of sp³-hybridized carbons (Fsp3) is 0.481. The molecule has 1 unspecified atom stereocenters. The highest BCUT2D eigenvalue weighted by Crippen LogP contribution is 2.20. The highest BCUT2D eigenvalue weighted by Gasteiger charge is 2.28. The molecule has 8 heteroatoms. The van der Waals surface area contributed by atoms with Crippen LogP contribution in [0.1, 0.15) is 57.6 Å². The van der Waals surface area contributed by atoms with Crippen molar-refractivity contribution in [1.82, 2.24) is 10.2 Å². The van der Waals surface area contributed by atoms with Crippen molar-refractivity contribution in [1.29, 1.82) is 0 Å². The highest BCUT2D eigenvalue weighted by atomic mass is 32.2. The Kier molecular flexibility index (Phi) is 11.2. The molecule has 0 aliphatic carbocycles. The molecule has 2 amide bonds. The van der Waals surface area contributed by atoms with Crippen molar-refractivity contribution in [3.63, 3.8) is 0 Å². The molecule has 0 aromatic heterocycles. The maximum absolute atomic E-state index is 13.4. The highest BCUT2D eigenvalue weighted by molar-refractivity contribution is 7.92. The smallest absolute Gasteiger partial charge is 0.242 e. The van der Waals surface area contributed by atoms with Gasteiger partial charge in [-0.2, -0.15) is 0 Å². The molecule has 35 heavy (non-hydrogen) atoms. The van der Waals surface area contributed by atoms with E-state index >= 15 is 0 Å². The zero-order valence-corrected chi connectivity index (χ0v) is 22.2. The summed E-state index contributed by atoms with van der Waals surface area (Å²) in [6.45, 7) is 7.00. The van der Waals surface area contributed by atoms with E-state index in [0.717, 1.165) is 24.0 Å². The standard InChI is InChI=1S/C27H39N3O4S/c1-5-19-28-27(32)25(7-3)29(21-23-12-9-8-10-13-23)26(31)14-11-20-30(35(4,33)34)24-17-15-22(6-2)16-18-24/h8-10,12-13,15-18,25H,5-7,11,14,19-21H2,1-4H3,(H,28,32). The molecule has 0 bridgehead atoms. The SMILES string of the molecule is CCCNC(=O)C(CC)N(Cc1ccccc1)C(=O)CCCN(c1ccc(CC)cc1)S(C)(=O)=O. The Morgan fingerprint density at radius 2 is 1.60 bits per heavy atom. The minimum absolute atomic E-state index is 0.142. The number of nitrogens with one attached hydrogen (secondary N) is 1. The van der Waals surface area contributed by atoms with Crippen LogP contribution in [-0.2, 0) is 32.6 Å². The first-order chi connectivity index (χ1) is 16.7. The second-order valence-corrected chi connectivity index (χ2v) is 10.6. The van der Waals surface area contributed by atoms with Crippen LogP contribution in [0, 0.1) is 0 Å². The molecule has 2 rings (SSSR count). The fourth-order valence-electron chi connectivity index (χ4n) is 3.97. The summed E-state index contributed by atoms with van der Waals surface area (Å²) in [7, 11) is -3.50. The van der Waals surface area contributed by atoms with Gasteiger partial charge < -0.3 is 10.2 Å². The van der Waals surface area contributed by atoms with Crippen LogP contribution in [0.25, 0.3) is 0 Å². The molecule has 0 spiro atoms. The molecule has 0 aliphatic heterocycles. The van der Waals surface area contributed by atoms with Crippen LogP contribution in [0.5, 0.6) is 0 Å². The van der Waals surface area contributed by atoms with Crippen molar-refractivity contribution < 1.29 is 18.0 Å². The first-order valence-electron chi connectivity index (χ1n) is 12.4. The molecule has 7 nitrogen and oxygen atoms in total. The lowest BCUT2D eigenvalue weighted by molar-refractivity contribution is -0.141. The van der Waals surface area contributed by atoms with Crippen molar-refractivity contribution in [3.8, 4) is 0 Å². The van der Waals surface area contributed by atoms with Gasteiger partial charge in [0.15, 0.2) is 0 Å². The lowest BCUT2D eigenvalue weighted by Gasteiger charge is -2.31. The number of hydrogen-bond acceptors (Lipinski definition) is 4. The summed E-state index contributed by atoms with van der Waals surface area (Å²) in [5.74, 6) is -0.324. The molecule has 0 saturated carbocycles. The average molecular weight is 502 g/mol. The molecule has 0 saturated heterocycles. The Morgan fingerprint density at radius 3 is 2.14 bits per heavy atom. The minimum Gasteiger partial charge on any atom is -0.354 e. The lowest BCUT2D eigenvalue weighted by Crippen LogP contribution is -2.49. The topological polar surface area (TPSA) is 86.8 Å². The summed E-state index contributed by atoms with van der Waals surface area (Å²) in [5.41, 5.74) is 2.65. The van der Waals surface area contributed by atoms with Crippen molar-refractivity contribution in [2.75, 3.05) is 23.7 Å². The average Bonchev–Trinajstić information content (AvgIpc) is 2.85. The van der Waals surface area contributed by atoms with Gasteiger partial charge in [0.05, 0.1) is 11.9 Å². The van der Waals surface area contributed by atoms with Gasteiger partial charge in [-0.15, -0.1) is 0 Å². The summed E-state index contributed by atoms with van der Waals surface area (Å²) in [6, 6.07) is 16.4. The number of carbonyl (C=O) groups is 2. The molecule has 0 radical (unpaired) electrons. The van der Waals surface area contributed by atoms with Gasteiger partial charge in [0, 0.05) is 26.1 Å². The number of hydrogen-bond donors (Lipinski definition) is 1. The predicted molar refractivity (Wildman–Crippen MR) is 142 cm³/mol. The molecule has 1 atom stereocenters. The third-order valence-corrected chi connectivity index (χ3v) is 7.11. The third kappa shape index (κ3) is 8.69. The van der Waals surface area contributed by atoms with Gasteiger partial charge in [0.2, 0.25) is 21.8 Å². The van der Waals surface area contributed by atoms with Crippen LogP contribution < -0.4 is 9.62 Å². The Labute approximate surface area is 210 Å². The monoisotopic (exact) mass is 501 g/mol. The number of amides is 2. The first kappa shape index (κ1) is 28.4. The largest absolute Gasteiger partial charge is 0.354 e. The van der Waals surface area contributed by atoms with Crippen molar-refractivity contribution in [3.05, 3.63) is 65.7 Å². The molecule has 0 aliphatic rings. The molecule has 0 heterocycles. The van der Waals surface area contributed by atoms with Crippen molar-refractivity contribution >= 4 is 27.5 Å². The minimum atomic E-state index is -3.50. The summed E-state index contributed by atoms with van der Waals surface area (Å²) in [6.07, 6.45) is 3.84. The van der Waals surface area contributed by atoms with E-state index in [1.165, 1.54) is 10.6 Å². The number of aryl methyl sites for hydroxylation is 1. The van der Waals surface area contributed by atoms with E-state index < -0.39 is 16.1 Å². The van der Waals surface area contributed by atoms with Crippen LogP contribution in [0.15, 0.2) is 54.6 Å². The first-order valence-corrected chi connectivity index (χ1v) is 14.2. The zero-order valence-electron chi connectivity index (χ0n) is 21.4. The Hall–Kier alpha value is -2.87. The number of nitrogens with zero attached hydrogens (tertiary/aromatic N) is 2. The Bertz CT molecular complexity index is 1040. The van der Waals surface area contributed by atoms with Gasteiger partial charge in [-0.05, 0) is 48.9 Å². The second-order valence-electron chi connectivity index (χ2n) is 8.68. The third-order valence-electron chi connectivity index (χ3n) is 5.92. The van der Waals surface area contributed by atoms with Crippen LogP contribution in [0.3, 0.4) is 0 Å². The molecule has 1 N–H and O–H groups in total. The predicted octanol–water partition coefficient (Wildman–Crippen LogP) is 4.13. The van der Waals surface area contributed by atoms with Crippen LogP contribution in [-0.4, -0.2) is 50.5 Å². The maximum atomic E-state index is 13.4. The quantitative estimate of drug-likeness (QED) is 0.422. The van der Waals surface area contributed by atoms with Crippen LogP contribution in [0.4, 0.5) is 5.69 Å². The fourth-order valence-corrected chi connectivity index (χ4v) is 4.93. The number of anilines is 1. The van der Waals surface area contributed by atoms with Gasteiger partial charge >= 0.3 is 0 Å². The van der Waals surface area contributed by atoms with E-state index in [1.54, 1.807) is 17.0 Å². The van der Waals surface area contributed by atoms with E-state index in [0.29, 0.717) is 31.6 Å². The van der Waals surface area contributed by atoms with Gasteiger partial charge in [-0.3, -0.25) is 13.9 Å². The number of carbonyl (C=O) groups excluding carboxylic acids is 2. The molecular formula is C27H39N3O4S. The van der Waals surface area contributed by atoms with Gasteiger partial charge in [0.1, 0.15) is 6.04 Å². The Balaban J connectivity index is 2.16. The number of benzene rings is 2. The Morgan fingerprint density at radius 1 is 0.943 bits per heavy atom. The van der Waals surface area contributed by atoms with Gasteiger partial charge in [0.25, 0.3) is 0 Å². The number of rotatable bonds is 14. The zero-order chi connectivity index (χ0) is 25.8. The van der Waals surface area contributed by atoms with Gasteiger partial charge in [-0.25, -0.2) is 8.42 Å². The molecular weight excluding hydrogens is 462 g/mol. The molecule has 192 valence electrons. The molecule has 2 aromatic rings. The van der Waals surface area contributed by atoms with Crippen molar-refractivity contribution in [2.45, 2.75) is 65.5 Å². The molecule has 0 fully saturated rings. The van der Waals surface area contributed by atoms with E-state index in [1.807, 2.05) is 63.2 Å². The second kappa shape index (κ2) is 13.9. The maximum Gasteiger partial charge on any atom is 0.242 e. The van der Waals surface area contributed by atoms with Gasteiger partial charge in [-0.1, -0.05) is 63.2 Å². The number of sulfonamides is 1. The van der Waals surface area contributed by atoms with Crippen LogP contribution >= 0.6 is 0 Å². The summed E-state index contributed by atoms with van der Waals surface area (Å²) in [5, 5.41) is 2.91. The molecule has 2 aromatic carbocycles. The summed E-state index contributed by atoms with van der Waals surface area (Å²) in [4.78, 5) is 27.8. The van der Waals surface area contributed by atoms with E-state index in [-0.39, 0.29) is 24.8 Å².